The molecule has 7 nitrogen and oxygen atoms in total. The van der Waals surface area contributed by atoms with Crippen LogP contribution in [0.2, 0.25) is 5.02 Å². The molecular formula is C30H28ClF5N2O5. The van der Waals surface area contributed by atoms with Crippen LogP contribution in [0.3, 0.4) is 0 Å². The lowest BCUT2D eigenvalue weighted by Gasteiger charge is -2.48. The van der Waals surface area contributed by atoms with Crippen LogP contribution in [0, 0.1) is 17.0 Å². The number of ether oxygens (including phenoxy) is 3. The van der Waals surface area contributed by atoms with E-state index in [1.165, 1.54) is 44.6 Å². The molecule has 1 aromatic heterocycles. The van der Waals surface area contributed by atoms with E-state index >= 15 is 0 Å². The number of aromatic nitrogens is 1. The molecule has 0 unspecified atom stereocenters. The molecule has 0 N–H and O–H groups in total. The van der Waals surface area contributed by atoms with Crippen LogP contribution < -0.4 is 9.64 Å². The number of pyridine rings is 1. The fourth-order valence-electron chi connectivity index (χ4n) is 4.60. The van der Waals surface area contributed by atoms with Gasteiger partial charge in [-0.1, -0.05) is 30.7 Å². The molecule has 0 atom stereocenters. The number of rotatable bonds is 7. The van der Waals surface area contributed by atoms with E-state index in [0.29, 0.717) is 18.8 Å². The summed E-state index contributed by atoms with van der Waals surface area (Å²) in [5.41, 5.74) is -0.603. The average molecular weight is 627 g/mol. The lowest BCUT2D eigenvalue weighted by atomic mass is 9.83. The van der Waals surface area contributed by atoms with Crippen molar-refractivity contribution in [2.24, 2.45) is 5.41 Å². The number of alkyl halides is 3. The van der Waals surface area contributed by atoms with Crippen LogP contribution in [-0.2, 0) is 15.7 Å². The quantitative estimate of drug-likeness (QED) is 0.205. The number of methoxy groups -OCH3 is 2. The Morgan fingerprint density at radius 3 is 2.19 bits per heavy atom. The van der Waals surface area contributed by atoms with Gasteiger partial charge in [-0.25, -0.2) is 23.4 Å². The Hall–Kier alpha value is -3.93. The fourth-order valence-corrected chi connectivity index (χ4v) is 4.89. The number of esters is 2. The second kappa shape index (κ2) is 12.7. The summed E-state index contributed by atoms with van der Waals surface area (Å²) >= 11 is 6.03. The summed E-state index contributed by atoms with van der Waals surface area (Å²) in [4.78, 5) is 28.2. The summed E-state index contributed by atoms with van der Waals surface area (Å²) in [5, 5.41) is -0.0701. The highest BCUT2D eigenvalue weighted by atomic mass is 35.5. The predicted molar refractivity (Wildman–Crippen MR) is 148 cm³/mol. The van der Waals surface area contributed by atoms with Crippen molar-refractivity contribution in [1.82, 2.24) is 4.98 Å². The van der Waals surface area contributed by atoms with E-state index < -0.39 is 35.3 Å². The third kappa shape index (κ3) is 7.54. The number of halogens is 6. The third-order valence-electron chi connectivity index (χ3n) is 6.97. The van der Waals surface area contributed by atoms with Crippen molar-refractivity contribution < 1.29 is 45.8 Å². The van der Waals surface area contributed by atoms with Crippen molar-refractivity contribution in [1.29, 1.82) is 0 Å². The van der Waals surface area contributed by atoms with E-state index in [1.807, 2.05) is 6.92 Å². The topological polar surface area (TPSA) is 78.0 Å². The Kier molecular flexibility index (Phi) is 9.48. The van der Waals surface area contributed by atoms with Gasteiger partial charge < -0.3 is 19.1 Å². The summed E-state index contributed by atoms with van der Waals surface area (Å²) in [6, 6.07) is 9.26. The third-order valence-corrected chi connectivity index (χ3v) is 7.25. The predicted octanol–water partition coefficient (Wildman–Crippen LogP) is 7.07. The summed E-state index contributed by atoms with van der Waals surface area (Å²) < 4.78 is 80.5. The molecule has 1 aliphatic heterocycles. The molecule has 0 spiro atoms. The lowest BCUT2D eigenvalue weighted by Crippen LogP contribution is -2.58. The molecule has 13 heteroatoms. The Bertz CT molecular complexity index is 1510. The number of carbonyl (C=O) groups is 2. The van der Waals surface area contributed by atoms with Crippen LogP contribution in [0.25, 0.3) is 0 Å². The molecule has 3 aromatic rings. The zero-order valence-corrected chi connectivity index (χ0v) is 24.2. The molecule has 2 aliphatic rings. The molecule has 2 aromatic carbocycles. The highest BCUT2D eigenvalue weighted by molar-refractivity contribution is 6.33. The second-order valence-corrected chi connectivity index (χ2v) is 11.0. The van der Waals surface area contributed by atoms with Crippen LogP contribution in [0.15, 0.2) is 48.7 Å². The summed E-state index contributed by atoms with van der Waals surface area (Å²) in [5.74, 6) is -1.76. The monoisotopic (exact) mass is 626 g/mol. The smallest absolute Gasteiger partial charge is 0.417 e. The van der Waals surface area contributed by atoms with Crippen molar-refractivity contribution in [3.8, 4) is 5.75 Å². The van der Waals surface area contributed by atoms with Gasteiger partial charge >= 0.3 is 18.1 Å². The Labute approximate surface area is 249 Å². The largest absolute Gasteiger partial charge is 0.492 e. The SMILES string of the molecule is COC(=O)c1cc(C2CC2)c(OCC2(C)CN(c3ncc(C(F)(F)F)cc3Cl)C2)cc1F.COC(=O)c1ccccc1F. The normalized spacial score (nSPS) is 15.5. The number of benzene rings is 2. The molecule has 0 radical (unpaired) electrons. The summed E-state index contributed by atoms with van der Waals surface area (Å²) in [6.07, 6.45) is -1.87. The average Bonchev–Trinajstić information content (AvgIpc) is 3.79. The van der Waals surface area contributed by atoms with Crippen molar-refractivity contribution in [3.63, 3.8) is 0 Å². The lowest BCUT2D eigenvalue weighted by molar-refractivity contribution is -0.137. The second-order valence-electron chi connectivity index (χ2n) is 10.6. The molecule has 43 heavy (non-hydrogen) atoms. The number of hydrogen-bond donors (Lipinski definition) is 0. The van der Waals surface area contributed by atoms with E-state index in [1.54, 1.807) is 11.0 Å². The minimum atomic E-state index is -4.51. The molecular weight excluding hydrogens is 599 g/mol. The van der Waals surface area contributed by atoms with Gasteiger partial charge in [0.1, 0.15) is 23.2 Å². The maximum Gasteiger partial charge on any atom is 0.417 e. The zero-order valence-electron chi connectivity index (χ0n) is 23.4. The molecule has 0 amide bonds. The first-order chi connectivity index (χ1) is 20.3. The number of carbonyl (C=O) groups excluding carboxylic acids is 2. The van der Waals surface area contributed by atoms with E-state index in [9.17, 15) is 31.5 Å². The van der Waals surface area contributed by atoms with E-state index in [-0.39, 0.29) is 39.9 Å². The first-order valence-corrected chi connectivity index (χ1v) is 13.5. The van der Waals surface area contributed by atoms with E-state index in [2.05, 4.69) is 14.5 Å². The van der Waals surface area contributed by atoms with E-state index in [4.69, 9.17) is 16.3 Å². The van der Waals surface area contributed by atoms with Gasteiger partial charge in [0.2, 0.25) is 0 Å². The molecule has 5 rings (SSSR count). The van der Waals surface area contributed by atoms with Gasteiger partial charge in [-0.2, -0.15) is 13.2 Å². The van der Waals surface area contributed by atoms with Gasteiger partial charge in [-0.15, -0.1) is 0 Å². The highest BCUT2D eigenvalue weighted by Crippen LogP contribution is 2.46. The first kappa shape index (κ1) is 32.0. The number of nitrogens with zero attached hydrogens (tertiary/aromatic N) is 2. The molecule has 1 saturated heterocycles. The van der Waals surface area contributed by atoms with Crippen LogP contribution in [-0.4, -0.2) is 50.8 Å². The summed E-state index contributed by atoms with van der Waals surface area (Å²) in [6.45, 7) is 3.15. The summed E-state index contributed by atoms with van der Waals surface area (Å²) in [7, 11) is 2.42. The minimum absolute atomic E-state index is 0.0324. The molecule has 2 heterocycles. The maximum absolute atomic E-state index is 14.4. The molecule has 230 valence electrons. The molecule has 0 bridgehead atoms. The Balaban J connectivity index is 0.000000324. The van der Waals surface area contributed by atoms with Crippen molar-refractivity contribution in [2.75, 3.05) is 38.8 Å². The Morgan fingerprint density at radius 2 is 1.63 bits per heavy atom. The number of anilines is 1. The van der Waals surface area contributed by atoms with Gasteiger partial charge in [-0.05, 0) is 48.6 Å². The molecule has 1 saturated carbocycles. The van der Waals surface area contributed by atoms with Crippen molar-refractivity contribution in [3.05, 3.63) is 87.6 Å². The first-order valence-electron chi connectivity index (χ1n) is 13.1. The molecule has 2 fully saturated rings. The van der Waals surface area contributed by atoms with Crippen LogP contribution >= 0.6 is 11.6 Å². The van der Waals surface area contributed by atoms with Crippen LogP contribution in [0.5, 0.6) is 5.75 Å². The maximum atomic E-state index is 14.4. The highest BCUT2D eigenvalue weighted by Gasteiger charge is 2.42. The van der Waals surface area contributed by atoms with Gasteiger partial charge in [0.05, 0.1) is 42.5 Å². The van der Waals surface area contributed by atoms with Gasteiger partial charge in [0.15, 0.2) is 0 Å². The Morgan fingerprint density at radius 1 is 1.00 bits per heavy atom. The zero-order chi connectivity index (χ0) is 31.5. The van der Waals surface area contributed by atoms with Crippen molar-refractivity contribution in [2.45, 2.75) is 31.9 Å². The van der Waals surface area contributed by atoms with Crippen LogP contribution in [0.4, 0.5) is 27.8 Å². The van der Waals surface area contributed by atoms with Gasteiger partial charge in [-0.3, -0.25) is 0 Å². The van der Waals surface area contributed by atoms with E-state index in [0.717, 1.165) is 30.7 Å². The number of hydrogen-bond acceptors (Lipinski definition) is 7. The standard InChI is InChI=1S/C22H21ClF4N2O3.C8H7FO2/c1-21(9-29(10-21)19-16(23)5-13(8-28-19)22(25,26)27)11-32-18-7-17(24)15(20(30)31-2)6-14(18)12-3-4-12;1-11-8(10)6-4-2-3-5-7(6)9/h5-8,12H,3-4,9-11H2,1-2H3;2-5H,1H3. The van der Waals surface area contributed by atoms with Gasteiger partial charge in [0.25, 0.3) is 0 Å². The fraction of sp³-hybridized carbons (Fsp3) is 0.367. The van der Waals surface area contributed by atoms with Gasteiger partial charge in [0, 0.05) is 30.8 Å². The van der Waals surface area contributed by atoms with Crippen molar-refractivity contribution >= 4 is 29.4 Å². The molecule has 1 aliphatic carbocycles. The minimum Gasteiger partial charge on any atom is -0.492 e. The van der Waals surface area contributed by atoms with Crippen LogP contribution in [0.1, 0.15) is 57.5 Å².